The average Bonchev–Trinajstić information content (AvgIpc) is 2.35. The highest BCUT2D eigenvalue weighted by molar-refractivity contribution is 6.30. The third kappa shape index (κ3) is 6.99. The first-order valence-corrected chi connectivity index (χ1v) is 7.07. The summed E-state index contributed by atoms with van der Waals surface area (Å²) in [5.41, 5.74) is 0.334. The molecule has 2 N–H and O–H groups in total. The van der Waals surface area contributed by atoms with Crippen LogP contribution in [0.1, 0.15) is 33.3 Å². The molecule has 0 fully saturated rings. The highest BCUT2D eigenvalue weighted by Crippen LogP contribution is 2.09. The van der Waals surface area contributed by atoms with Gasteiger partial charge in [0, 0.05) is 11.6 Å². The first-order chi connectivity index (χ1) is 9.67. The Morgan fingerprint density at radius 2 is 1.81 bits per heavy atom. The van der Waals surface area contributed by atoms with Gasteiger partial charge in [0.05, 0.1) is 0 Å². The summed E-state index contributed by atoms with van der Waals surface area (Å²) in [7, 11) is 0. The average molecular weight is 313 g/mol. The van der Waals surface area contributed by atoms with E-state index >= 15 is 0 Å². The van der Waals surface area contributed by atoms with Crippen LogP contribution in [0.5, 0.6) is 0 Å². The van der Waals surface area contributed by atoms with E-state index in [-0.39, 0.29) is 5.91 Å². The van der Waals surface area contributed by atoms with E-state index in [4.69, 9.17) is 16.3 Å². The fraction of sp³-hybridized carbons (Fsp3) is 0.467. The number of carbonyl (C=O) groups excluding carboxylic acids is 2. The van der Waals surface area contributed by atoms with Crippen LogP contribution in [-0.2, 0) is 16.1 Å². The molecule has 1 aromatic carbocycles. The predicted octanol–water partition coefficient (Wildman–Crippen LogP) is 2.87. The van der Waals surface area contributed by atoms with E-state index in [1.165, 1.54) is 0 Å². The molecule has 0 heterocycles. The molecule has 5 nitrogen and oxygen atoms in total. The largest absolute Gasteiger partial charge is 0.444 e. The maximum Gasteiger partial charge on any atom is 0.408 e. The number of amides is 2. The maximum absolute atomic E-state index is 11.9. The van der Waals surface area contributed by atoms with Gasteiger partial charge in [0.1, 0.15) is 11.6 Å². The lowest BCUT2D eigenvalue weighted by Gasteiger charge is -2.21. The number of nitrogens with one attached hydrogen (secondary N) is 2. The van der Waals surface area contributed by atoms with Gasteiger partial charge < -0.3 is 15.4 Å². The van der Waals surface area contributed by atoms with Gasteiger partial charge in [0.25, 0.3) is 0 Å². The number of ether oxygens (including phenoxy) is 1. The maximum atomic E-state index is 11.9. The minimum atomic E-state index is -0.674. The molecule has 0 aliphatic carbocycles. The topological polar surface area (TPSA) is 67.4 Å². The summed E-state index contributed by atoms with van der Waals surface area (Å²) in [5.74, 6) is -0.282. The molecule has 1 rings (SSSR count). The van der Waals surface area contributed by atoms with Gasteiger partial charge in [0.15, 0.2) is 0 Å². The van der Waals surface area contributed by atoms with Crippen molar-refractivity contribution in [3.8, 4) is 0 Å². The van der Waals surface area contributed by atoms with Crippen LogP contribution < -0.4 is 10.6 Å². The number of halogens is 1. The molecule has 6 heteroatoms. The smallest absolute Gasteiger partial charge is 0.408 e. The van der Waals surface area contributed by atoms with Crippen LogP contribution in [0.25, 0.3) is 0 Å². The molecule has 116 valence electrons. The third-order valence-corrected chi connectivity index (χ3v) is 2.76. The fourth-order valence-corrected chi connectivity index (χ4v) is 1.62. The molecule has 0 saturated carbocycles. The van der Waals surface area contributed by atoms with Gasteiger partial charge in [0.2, 0.25) is 5.91 Å². The van der Waals surface area contributed by atoms with E-state index in [0.29, 0.717) is 11.6 Å². The summed E-state index contributed by atoms with van der Waals surface area (Å²) in [6.07, 6.45) is -0.614. The molecule has 0 radical (unpaired) electrons. The molecule has 0 aliphatic heterocycles. The summed E-state index contributed by atoms with van der Waals surface area (Å²) in [6.45, 7) is 7.25. The standard InChI is InChI=1S/C15H21ClN2O3/c1-10(18-14(20)21-15(2,3)4)13(19)17-9-11-5-7-12(16)8-6-11/h5-8,10H,9H2,1-4H3,(H,17,19)(H,18,20). The van der Waals surface area contributed by atoms with Crippen molar-refractivity contribution >= 4 is 23.6 Å². The third-order valence-electron chi connectivity index (χ3n) is 2.51. The Morgan fingerprint density at radius 3 is 2.33 bits per heavy atom. The van der Waals surface area contributed by atoms with Gasteiger partial charge in [-0.2, -0.15) is 0 Å². The molecule has 0 spiro atoms. The molecule has 0 aromatic heterocycles. The van der Waals surface area contributed by atoms with Crippen molar-refractivity contribution in [2.45, 2.75) is 45.9 Å². The Hall–Kier alpha value is -1.75. The minimum absolute atomic E-state index is 0.282. The monoisotopic (exact) mass is 312 g/mol. The van der Waals surface area contributed by atoms with Crippen molar-refractivity contribution in [1.29, 1.82) is 0 Å². The van der Waals surface area contributed by atoms with Crippen LogP contribution in [-0.4, -0.2) is 23.6 Å². The molecule has 1 unspecified atom stereocenters. The first kappa shape index (κ1) is 17.3. The molecule has 21 heavy (non-hydrogen) atoms. The zero-order chi connectivity index (χ0) is 16.0. The molecule has 0 saturated heterocycles. The molecule has 1 aromatic rings. The second-order valence-electron chi connectivity index (χ2n) is 5.71. The van der Waals surface area contributed by atoms with Crippen LogP contribution in [0, 0.1) is 0 Å². The second-order valence-corrected chi connectivity index (χ2v) is 6.15. The lowest BCUT2D eigenvalue weighted by molar-refractivity contribution is -0.122. The van der Waals surface area contributed by atoms with E-state index in [1.54, 1.807) is 39.8 Å². The summed E-state index contributed by atoms with van der Waals surface area (Å²) >= 11 is 5.79. The predicted molar refractivity (Wildman–Crippen MR) is 82.1 cm³/mol. The highest BCUT2D eigenvalue weighted by Gasteiger charge is 2.20. The minimum Gasteiger partial charge on any atom is -0.444 e. The van der Waals surface area contributed by atoms with Gasteiger partial charge in [-0.25, -0.2) is 4.79 Å². The van der Waals surface area contributed by atoms with Crippen molar-refractivity contribution in [2.24, 2.45) is 0 Å². The molecular formula is C15H21ClN2O3. The van der Waals surface area contributed by atoms with E-state index in [2.05, 4.69) is 10.6 Å². The Bertz CT molecular complexity index is 495. The van der Waals surface area contributed by atoms with Crippen LogP contribution >= 0.6 is 11.6 Å². The van der Waals surface area contributed by atoms with Gasteiger partial charge in [-0.15, -0.1) is 0 Å². The number of rotatable bonds is 4. The zero-order valence-electron chi connectivity index (χ0n) is 12.7. The van der Waals surface area contributed by atoms with Crippen molar-refractivity contribution in [3.63, 3.8) is 0 Å². The highest BCUT2D eigenvalue weighted by atomic mass is 35.5. The van der Waals surface area contributed by atoms with E-state index in [1.807, 2.05) is 12.1 Å². The Labute approximate surface area is 130 Å². The number of alkyl carbamates (subject to hydrolysis) is 1. The van der Waals surface area contributed by atoms with E-state index < -0.39 is 17.7 Å². The molecule has 0 aliphatic rings. The summed E-state index contributed by atoms with van der Waals surface area (Å²) in [6, 6.07) is 6.49. The molecule has 2 amide bonds. The zero-order valence-corrected chi connectivity index (χ0v) is 13.5. The number of hydrogen-bond donors (Lipinski definition) is 2. The van der Waals surface area contributed by atoms with Gasteiger partial charge in [-0.05, 0) is 45.4 Å². The van der Waals surface area contributed by atoms with Gasteiger partial charge in [-0.3, -0.25) is 4.79 Å². The Balaban J connectivity index is 2.40. The van der Waals surface area contributed by atoms with Crippen molar-refractivity contribution in [3.05, 3.63) is 34.9 Å². The van der Waals surface area contributed by atoms with Crippen LogP contribution in [0.4, 0.5) is 4.79 Å². The number of benzene rings is 1. The lowest BCUT2D eigenvalue weighted by Crippen LogP contribution is -2.46. The summed E-state index contributed by atoms with van der Waals surface area (Å²) in [5, 5.41) is 5.86. The fourth-order valence-electron chi connectivity index (χ4n) is 1.49. The molecule has 1 atom stereocenters. The SMILES string of the molecule is CC(NC(=O)OC(C)(C)C)C(=O)NCc1ccc(Cl)cc1. The number of carbonyl (C=O) groups is 2. The molecule has 0 bridgehead atoms. The van der Waals surface area contributed by atoms with Crippen molar-refractivity contribution < 1.29 is 14.3 Å². The molecular weight excluding hydrogens is 292 g/mol. The van der Waals surface area contributed by atoms with E-state index in [0.717, 1.165) is 5.56 Å². The van der Waals surface area contributed by atoms with Gasteiger partial charge >= 0.3 is 6.09 Å². The van der Waals surface area contributed by atoms with Crippen molar-refractivity contribution in [2.75, 3.05) is 0 Å². The van der Waals surface area contributed by atoms with Crippen LogP contribution in [0.3, 0.4) is 0 Å². The summed E-state index contributed by atoms with van der Waals surface area (Å²) < 4.78 is 5.09. The number of hydrogen-bond acceptors (Lipinski definition) is 3. The van der Waals surface area contributed by atoms with Crippen molar-refractivity contribution in [1.82, 2.24) is 10.6 Å². The lowest BCUT2D eigenvalue weighted by atomic mass is 10.2. The second kappa shape index (κ2) is 7.31. The quantitative estimate of drug-likeness (QED) is 0.898. The van der Waals surface area contributed by atoms with Crippen LogP contribution in [0.2, 0.25) is 5.02 Å². The Morgan fingerprint density at radius 1 is 1.24 bits per heavy atom. The van der Waals surface area contributed by atoms with Crippen LogP contribution in [0.15, 0.2) is 24.3 Å². The first-order valence-electron chi connectivity index (χ1n) is 6.69. The Kier molecular flexibility index (Phi) is 6.03. The normalized spacial score (nSPS) is 12.4. The summed E-state index contributed by atoms with van der Waals surface area (Å²) in [4.78, 5) is 23.4. The van der Waals surface area contributed by atoms with Gasteiger partial charge in [-0.1, -0.05) is 23.7 Å². The van der Waals surface area contributed by atoms with E-state index in [9.17, 15) is 9.59 Å².